The van der Waals surface area contributed by atoms with Crippen LogP contribution in [0.2, 0.25) is 0 Å². The number of nitrogens with one attached hydrogen (secondary N) is 1. The van der Waals surface area contributed by atoms with E-state index >= 15 is 0 Å². The molecule has 0 fully saturated rings. The van der Waals surface area contributed by atoms with Crippen LogP contribution in [0.3, 0.4) is 0 Å². The number of benzene rings is 1. The summed E-state index contributed by atoms with van der Waals surface area (Å²) in [7, 11) is 0. The summed E-state index contributed by atoms with van der Waals surface area (Å²) in [5.41, 5.74) is 2.69. The molecule has 160 valence electrons. The van der Waals surface area contributed by atoms with Gasteiger partial charge in [-0.2, -0.15) is 0 Å². The summed E-state index contributed by atoms with van der Waals surface area (Å²) in [5, 5.41) is 13.9. The number of hydrogen-bond acceptors (Lipinski definition) is 3. The number of carbonyl (C=O) groups is 1. The second kappa shape index (κ2) is 9.41. The average Bonchev–Trinajstić information content (AvgIpc) is 2.69. The molecular formula is C26H34N2O2. The van der Waals surface area contributed by atoms with Gasteiger partial charge in [0.25, 0.3) is 5.91 Å². The predicted octanol–water partition coefficient (Wildman–Crippen LogP) is 5.03. The number of anilines is 1. The molecule has 1 aliphatic heterocycles. The van der Waals surface area contributed by atoms with E-state index in [1.165, 1.54) is 0 Å². The summed E-state index contributed by atoms with van der Waals surface area (Å²) in [6.45, 7) is 22.9. The van der Waals surface area contributed by atoms with E-state index < -0.39 is 11.5 Å². The van der Waals surface area contributed by atoms with Crippen LogP contribution < -0.4 is 5.32 Å². The van der Waals surface area contributed by atoms with Gasteiger partial charge in [-0.1, -0.05) is 62.2 Å². The molecule has 0 saturated carbocycles. The molecule has 1 aromatic rings. The Morgan fingerprint density at radius 2 is 1.87 bits per heavy atom. The van der Waals surface area contributed by atoms with Gasteiger partial charge >= 0.3 is 0 Å². The fourth-order valence-corrected chi connectivity index (χ4v) is 3.82. The molecule has 0 bridgehead atoms. The second-order valence-electron chi connectivity index (χ2n) is 8.82. The fourth-order valence-electron chi connectivity index (χ4n) is 3.82. The van der Waals surface area contributed by atoms with Crippen molar-refractivity contribution in [2.75, 3.05) is 18.4 Å². The average molecular weight is 407 g/mol. The zero-order chi connectivity index (χ0) is 22.5. The Bertz CT molecular complexity index is 876. The monoisotopic (exact) mass is 406 g/mol. The first kappa shape index (κ1) is 23.6. The zero-order valence-electron chi connectivity index (χ0n) is 18.5. The van der Waals surface area contributed by atoms with Crippen molar-refractivity contribution in [2.45, 2.75) is 44.8 Å². The van der Waals surface area contributed by atoms with E-state index in [0.717, 1.165) is 22.3 Å². The van der Waals surface area contributed by atoms with Crippen LogP contribution >= 0.6 is 0 Å². The van der Waals surface area contributed by atoms with Gasteiger partial charge in [0.2, 0.25) is 0 Å². The number of β-amino-alcohol motifs (C(OH)–C–C–N with tert-alkyl or cyclic N) is 1. The molecule has 2 rings (SSSR count). The van der Waals surface area contributed by atoms with Gasteiger partial charge in [-0.15, -0.1) is 0 Å². The van der Waals surface area contributed by atoms with Crippen LogP contribution in [0, 0.1) is 0 Å². The Morgan fingerprint density at radius 3 is 2.43 bits per heavy atom. The van der Waals surface area contributed by atoms with E-state index in [9.17, 15) is 9.90 Å². The van der Waals surface area contributed by atoms with E-state index in [2.05, 4.69) is 50.4 Å². The van der Waals surface area contributed by atoms with Crippen LogP contribution in [-0.2, 0) is 4.79 Å². The molecule has 0 unspecified atom stereocenters. The van der Waals surface area contributed by atoms with E-state index in [1.807, 2.05) is 30.4 Å². The smallest absolute Gasteiger partial charge is 0.257 e. The van der Waals surface area contributed by atoms with Crippen LogP contribution in [-0.4, -0.2) is 40.1 Å². The number of rotatable bonds is 6. The Balaban J connectivity index is 2.28. The number of allylic oxidation sites excluding steroid dienone is 4. The lowest BCUT2D eigenvalue weighted by Gasteiger charge is -2.42. The molecule has 4 heteroatoms. The van der Waals surface area contributed by atoms with Crippen molar-refractivity contribution in [3.8, 4) is 0 Å². The molecule has 0 saturated heterocycles. The highest BCUT2D eigenvalue weighted by atomic mass is 16.3. The Hall–Kier alpha value is -2.69. The van der Waals surface area contributed by atoms with Gasteiger partial charge in [-0.3, -0.25) is 9.69 Å². The minimum Gasteiger partial charge on any atom is -0.379 e. The molecule has 4 nitrogen and oxygen atoms in total. The molecule has 1 amide bonds. The molecule has 30 heavy (non-hydrogen) atoms. The summed E-state index contributed by atoms with van der Waals surface area (Å²) in [6.07, 6.45) is 4.96. The summed E-state index contributed by atoms with van der Waals surface area (Å²) in [4.78, 5) is 14.9. The lowest BCUT2D eigenvalue weighted by atomic mass is 9.87. The van der Waals surface area contributed by atoms with Gasteiger partial charge < -0.3 is 10.4 Å². The first-order valence-corrected chi connectivity index (χ1v) is 10.2. The fraction of sp³-hybridized carbons (Fsp3) is 0.346. The van der Waals surface area contributed by atoms with Gasteiger partial charge in [0.15, 0.2) is 5.60 Å². The van der Waals surface area contributed by atoms with Crippen molar-refractivity contribution >= 4 is 11.6 Å². The lowest BCUT2D eigenvalue weighted by molar-refractivity contribution is -0.135. The van der Waals surface area contributed by atoms with Crippen molar-refractivity contribution < 1.29 is 9.90 Å². The van der Waals surface area contributed by atoms with Crippen molar-refractivity contribution in [1.82, 2.24) is 4.90 Å². The van der Waals surface area contributed by atoms with Crippen LogP contribution in [0.15, 0.2) is 91.1 Å². The van der Waals surface area contributed by atoms with E-state index in [1.54, 1.807) is 19.1 Å². The third-order valence-corrected chi connectivity index (χ3v) is 5.55. The number of para-hydroxylation sites is 1. The van der Waals surface area contributed by atoms with Crippen LogP contribution in [0.1, 0.15) is 33.6 Å². The van der Waals surface area contributed by atoms with E-state index in [0.29, 0.717) is 25.1 Å². The maximum Gasteiger partial charge on any atom is 0.257 e. The van der Waals surface area contributed by atoms with Gasteiger partial charge in [0.1, 0.15) is 0 Å². The molecule has 1 heterocycles. The summed E-state index contributed by atoms with van der Waals surface area (Å²) < 4.78 is 0. The molecular weight excluding hydrogens is 372 g/mol. The summed E-state index contributed by atoms with van der Waals surface area (Å²) in [5.74, 6) is -0.439. The molecule has 0 aliphatic carbocycles. The molecule has 0 aromatic heterocycles. The van der Waals surface area contributed by atoms with E-state index in [-0.39, 0.29) is 12.1 Å². The predicted molar refractivity (Wildman–Crippen MR) is 126 cm³/mol. The minimum atomic E-state index is -1.58. The number of nitrogens with zero attached hydrogens (tertiary/aromatic N) is 1. The SMILES string of the molecule is C=C/C1=C(\C=C)C(=C)CC(C)(C)N(C[C@](C)(O)C(=O)Nc2ccccc2)CC(=C)C1. The lowest BCUT2D eigenvalue weighted by Crippen LogP contribution is -2.56. The Morgan fingerprint density at radius 1 is 1.23 bits per heavy atom. The van der Waals surface area contributed by atoms with Crippen molar-refractivity contribution in [3.63, 3.8) is 0 Å². The van der Waals surface area contributed by atoms with Gasteiger partial charge in [0, 0.05) is 24.3 Å². The van der Waals surface area contributed by atoms with Crippen LogP contribution in [0.4, 0.5) is 5.69 Å². The highest BCUT2D eigenvalue weighted by Gasteiger charge is 2.38. The first-order valence-electron chi connectivity index (χ1n) is 10.2. The van der Waals surface area contributed by atoms with Crippen LogP contribution in [0.5, 0.6) is 0 Å². The quantitative estimate of drug-likeness (QED) is 0.652. The number of amides is 1. The molecule has 0 spiro atoms. The first-order chi connectivity index (χ1) is 14.0. The normalized spacial score (nSPS) is 22.3. The van der Waals surface area contributed by atoms with Crippen LogP contribution in [0.25, 0.3) is 0 Å². The Kier molecular flexibility index (Phi) is 7.40. The third kappa shape index (κ3) is 5.68. The van der Waals surface area contributed by atoms with Gasteiger partial charge in [-0.05, 0) is 62.5 Å². The molecule has 2 N–H and O–H groups in total. The highest BCUT2D eigenvalue weighted by molar-refractivity contribution is 5.97. The van der Waals surface area contributed by atoms with E-state index in [4.69, 9.17) is 0 Å². The molecule has 0 radical (unpaired) electrons. The topological polar surface area (TPSA) is 52.6 Å². The van der Waals surface area contributed by atoms with Crippen molar-refractivity contribution in [1.29, 1.82) is 0 Å². The van der Waals surface area contributed by atoms with Gasteiger partial charge in [-0.25, -0.2) is 0 Å². The third-order valence-electron chi connectivity index (χ3n) is 5.55. The number of aliphatic hydroxyl groups is 1. The highest BCUT2D eigenvalue weighted by Crippen LogP contribution is 2.34. The van der Waals surface area contributed by atoms with Crippen molar-refractivity contribution in [2.24, 2.45) is 0 Å². The molecule has 1 aliphatic rings. The summed E-state index contributed by atoms with van der Waals surface area (Å²) >= 11 is 0. The van der Waals surface area contributed by atoms with Gasteiger partial charge in [0.05, 0.1) is 0 Å². The Labute approximate surface area is 181 Å². The maximum atomic E-state index is 12.8. The molecule has 1 atom stereocenters. The largest absolute Gasteiger partial charge is 0.379 e. The maximum absolute atomic E-state index is 12.8. The zero-order valence-corrected chi connectivity index (χ0v) is 18.5. The standard InChI is InChI=1S/C26H34N2O2/c1-8-21-15-19(3)17-28(25(5,6)16-20(4)23(21)9-2)18-26(7,30)24(29)27-22-13-11-10-12-14-22/h8-14,30H,1-4,15-18H2,5-7H3,(H,27,29)/b23-21-/t26-/m0/s1. The minimum absolute atomic E-state index is 0.164. The summed E-state index contributed by atoms with van der Waals surface area (Å²) in [6, 6.07) is 9.14. The number of carbonyl (C=O) groups excluding carboxylic acids is 1. The number of hydrogen-bond donors (Lipinski definition) is 2. The second-order valence-corrected chi connectivity index (χ2v) is 8.82. The van der Waals surface area contributed by atoms with Crippen molar-refractivity contribution in [3.05, 3.63) is 91.1 Å². The molecule has 1 aromatic carbocycles.